The minimum Gasteiger partial charge on any atom is -0.377 e. The molecular formula is C9H15N3O3S. The van der Waals surface area contributed by atoms with Gasteiger partial charge in [-0.1, -0.05) is 0 Å². The number of ether oxygens (including phenoxy) is 1. The highest BCUT2D eigenvalue weighted by Gasteiger charge is 2.26. The second-order valence-electron chi connectivity index (χ2n) is 3.94. The lowest BCUT2D eigenvalue weighted by Crippen LogP contribution is -2.28. The standard InChI is InChI=1S/C9H15N3O3S/c1-12-9(10-7-11-12)16(13,14)6-8-4-2-3-5-15-8/h7-8H,2-6H2,1H3/t8-/m0/s1. The Bertz CT molecular complexity index is 448. The predicted molar refractivity (Wildman–Crippen MR) is 56.6 cm³/mol. The maximum Gasteiger partial charge on any atom is 0.245 e. The highest BCUT2D eigenvalue weighted by Crippen LogP contribution is 2.17. The summed E-state index contributed by atoms with van der Waals surface area (Å²) in [6, 6.07) is 0. The largest absolute Gasteiger partial charge is 0.377 e. The van der Waals surface area contributed by atoms with E-state index in [2.05, 4.69) is 10.1 Å². The normalized spacial score (nSPS) is 22.2. The molecule has 0 unspecified atom stereocenters. The molecule has 16 heavy (non-hydrogen) atoms. The van der Waals surface area contributed by atoms with Gasteiger partial charge in [0, 0.05) is 13.7 Å². The Morgan fingerprint density at radius 2 is 2.38 bits per heavy atom. The zero-order valence-electron chi connectivity index (χ0n) is 9.16. The van der Waals surface area contributed by atoms with Crippen LogP contribution in [0.3, 0.4) is 0 Å². The van der Waals surface area contributed by atoms with Gasteiger partial charge in [0.25, 0.3) is 0 Å². The topological polar surface area (TPSA) is 74.1 Å². The summed E-state index contributed by atoms with van der Waals surface area (Å²) in [6.45, 7) is 0.652. The molecule has 0 N–H and O–H groups in total. The van der Waals surface area contributed by atoms with Crippen molar-refractivity contribution < 1.29 is 13.2 Å². The van der Waals surface area contributed by atoms with Crippen molar-refractivity contribution in [2.45, 2.75) is 30.5 Å². The van der Waals surface area contributed by atoms with E-state index in [1.807, 2.05) is 0 Å². The van der Waals surface area contributed by atoms with Gasteiger partial charge in [0.15, 0.2) is 0 Å². The summed E-state index contributed by atoms with van der Waals surface area (Å²) in [5.74, 6) is -0.000463. The molecule has 0 radical (unpaired) electrons. The van der Waals surface area contributed by atoms with Crippen molar-refractivity contribution in [3.05, 3.63) is 6.33 Å². The molecular weight excluding hydrogens is 230 g/mol. The fourth-order valence-electron chi connectivity index (χ4n) is 1.83. The van der Waals surface area contributed by atoms with E-state index in [-0.39, 0.29) is 17.0 Å². The number of hydrogen-bond acceptors (Lipinski definition) is 5. The summed E-state index contributed by atoms with van der Waals surface area (Å²) in [6.07, 6.45) is 3.89. The first-order chi connectivity index (χ1) is 7.59. The maximum absolute atomic E-state index is 12.0. The summed E-state index contributed by atoms with van der Waals surface area (Å²) in [5, 5.41) is 3.78. The second-order valence-corrected chi connectivity index (χ2v) is 5.86. The maximum atomic E-state index is 12.0. The van der Waals surface area contributed by atoms with Crippen LogP contribution in [0, 0.1) is 0 Å². The van der Waals surface area contributed by atoms with Crippen molar-refractivity contribution in [3.8, 4) is 0 Å². The minimum atomic E-state index is -3.38. The lowest BCUT2D eigenvalue weighted by atomic mass is 10.1. The number of aromatic nitrogens is 3. The van der Waals surface area contributed by atoms with E-state index >= 15 is 0 Å². The van der Waals surface area contributed by atoms with E-state index in [1.165, 1.54) is 11.0 Å². The summed E-state index contributed by atoms with van der Waals surface area (Å²) in [7, 11) is -1.81. The summed E-state index contributed by atoms with van der Waals surface area (Å²) >= 11 is 0. The van der Waals surface area contributed by atoms with Gasteiger partial charge in [-0.05, 0) is 19.3 Å². The van der Waals surface area contributed by atoms with Crippen LogP contribution in [-0.2, 0) is 21.6 Å². The molecule has 1 aliphatic heterocycles. The van der Waals surface area contributed by atoms with Crippen LogP contribution in [-0.4, -0.2) is 41.6 Å². The summed E-state index contributed by atoms with van der Waals surface area (Å²) in [4.78, 5) is 3.76. The fourth-order valence-corrected chi connectivity index (χ4v) is 3.38. The third-order valence-electron chi connectivity index (χ3n) is 2.63. The second kappa shape index (κ2) is 4.50. The monoisotopic (exact) mass is 245 g/mol. The molecule has 0 bridgehead atoms. The molecule has 0 spiro atoms. The molecule has 1 aliphatic rings. The van der Waals surface area contributed by atoms with E-state index in [4.69, 9.17) is 4.74 Å². The van der Waals surface area contributed by atoms with Gasteiger partial charge in [-0.2, -0.15) is 5.10 Å². The van der Waals surface area contributed by atoms with Crippen molar-refractivity contribution in [2.75, 3.05) is 12.4 Å². The zero-order valence-corrected chi connectivity index (χ0v) is 9.98. The van der Waals surface area contributed by atoms with Crippen LogP contribution in [0.1, 0.15) is 19.3 Å². The van der Waals surface area contributed by atoms with Gasteiger partial charge >= 0.3 is 0 Å². The van der Waals surface area contributed by atoms with Gasteiger partial charge < -0.3 is 4.74 Å². The molecule has 0 aliphatic carbocycles. The van der Waals surface area contributed by atoms with E-state index in [0.717, 1.165) is 19.3 Å². The zero-order chi connectivity index (χ0) is 11.6. The van der Waals surface area contributed by atoms with Gasteiger partial charge in [-0.25, -0.2) is 18.1 Å². The van der Waals surface area contributed by atoms with E-state index in [1.54, 1.807) is 7.05 Å². The van der Waals surface area contributed by atoms with Gasteiger partial charge in [0.2, 0.25) is 15.0 Å². The van der Waals surface area contributed by atoms with Crippen molar-refractivity contribution in [2.24, 2.45) is 7.05 Å². The number of hydrogen-bond donors (Lipinski definition) is 0. The lowest BCUT2D eigenvalue weighted by Gasteiger charge is -2.21. The average Bonchev–Trinajstić information content (AvgIpc) is 2.66. The van der Waals surface area contributed by atoms with Gasteiger partial charge in [-0.15, -0.1) is 0 Å². The van der Waals surface area contributed by atoms with E-state index in [9.17, 15) is 8.42 Å². The van der Waals surface area contributed by atoms with Crippen molar-refractivity contribution >= 4 is 9.84 Å². The third-order valence-corrected chi connectivity index (χ3v) is 4.36. The number of nitrogens with zero attached hydrogens (tertiary/aromatic N) is 3. The molecule has 0 amide bonds. The van der Waals surface area contributed by atoms with Crippen molar-refractivity contribution in [1.82, 2.24) is 14.8 Å². The Hall–Kier alpha value is -0.950. The minimum absolute atomic E-state index is 0.000463. The third kappa shape index (κ3) is 2.41. The summed E-state index contributed by atoms with van der Waals surface area (Å²) < 4.78 is 30.6. The first-order valence-corrected chi connectivity index (χ1v) is 6.93. The lowest BCUT2D eigenvalue weighted by molar-refractivity contribution is 0.0304. The highest BCUT2D eigenvalue weighted by atomic mass is 32.2. The SMILES string of the molecule is Cn1ncnc1S(=O)(=O)C[C@@H]1CCCCO1. The van der Waals surface area contributed by atoms with Crippen LogP contribution in [0.15, 0.2) is 11.5 Å². The molecule has 6 nitrogen and oxygen atoms in total. The Balaban J connectivity index is 2.11. The Morgan fingerprint density at radius 3 is 2.94 bits per heavy atom. The van der Waals surface area contributed by atoms with Gasteiger partial charge in [0.1, 0.15) is 6.33 Å². The Labute approximate surface area is 94.5 Å². The first kappa shape index (κ1) is 11.5. The molecule has 0 aromatic carbocycles. The molecule has 1 aromatic rings. The molecule has 1 aromatic heterocycles. The average molecular weight is 245 g/mol. The molecule has 0 saturated carbocycles. The van der Waals surface area contributed by atoms with E-state index in [0.29, 0.717) is 6.61 Å². The van der Waals surface area contributed by atoms with Crippen molar-refractivity contribution in [3.63, 3.8) is 0 Å². The fraction of sp³-hybridized carbons (Fsp3) is 0.778. The van der Waals surface area contributed by atoms with Crippen LogP contribution < -0.4 is 0 Å². The molecule has 2 heterocycles. The van der Waals surface area contributed by atoms with Crippen LogP contribution in [0.25, 0.3) is 0 Å². The number of aryl methyl sites for hydroxylation is 1. The summed E-state index contributed by atoms with van der Waals surface area (Å²) in [5.41, 5.74) is 0. The molecule has 7 heteroatoms. The van der Waals surface area contributed by atoms with Gasteiger partial charge in [-0.3, -0.25) is 0 Å². The molecule has 2 rings (SSSR count). The number of sulfone groups is 1. The highest BCUT2D eigenvalue weighted by molar-refractivity contribution is 7.91. The van der Waals surface area contributed by atoms with Crippen molar-refractivity contribution in [1.29, 1.82) is 0 Å². The van der Waals surface area contributed by atoms with Crippen LogP contribution >= 0.6 is 0 Å². The van der Waals surface area contributed by atoms with Gasteiger partial charge in [0.05, 0.1) is 11.9 Å². The Kier molecular flexibility index (Phi) is 3.25. The molecule has 1 atom stereocenters. The van der Waals surface area contributed by atoms with Crippen LogP contribution in [0.5, 0.6) is 0 Å². The smallest absolute Gasteiger partial charge is 0.245 e. The molecule has 1 saturated heterocycles. The predicted octanol–water partition coefficient (Wildman–Crippen LogP) is 0.158. The molecule has 1 fully saturated rings. The van der Waals surface area contributed by atoms with Crippen LogP contribution in [0.2, 0.25) is 0 Å². The molecule has 90 valence electrons. The Morgan fingerprint density at radius 1 is 1.56 bits per heavy atom. The van der Waals surface area contributed by atoms with E-state index < -0.39 is 9.84 Å². The quantitative estimate of drug-likeness (QED) is 0.758. The number of rotatable bonds is 3. The van der Waals surface area contributed by atoms with Crippen LogP contribution in [0.4, 0.5) is 0 Å². The first-order valence-electron chi connectivity index (χ1n) is 5.28.